The molecule has 0 radical (unpaired) electrons. The fraction of sp³-hybridized carbons (Fsp3) is 0.462. The lowest BCUT2D eigenvalue weighted by molar-refractivity contribution is -0.120. The van der Waals surface area contributed by atoms with Gasteiger partial charge in [-0.2, -0.15) is 0 Å². The minimum absolute atomic E-state index is 0.178. The van der Waals surface area contributed by atoms with Crippen LogP contribution in [0.5, 0.6) is 0 Å². The molecular formula is C13H16N2O. The van der Waals surface area contributed by atoms with Crippen molar-refractivity contribution >= 4 is 11.6 Å². The van der Waals surface area contributed by atoms with Gasteiger partial charge < -0.3 is 10.2 Å². The van der Waals surface area contributed by atoms with Crippen LogP contribution < -0.4 is 5.32 Å². The number of amides is 1. The van der Waals surface area contributed by atoms with Crippen LogP contribution in [0.1, 0.15) is 17.5 Å². The molecule has 3 heteroatoms. The lowest BCUT2D eigenvalue weighted by Crippen LogP contribution is -2.36. The topological polar surface area (TPSA) is 32.3 Å². The first kappa shape index (κ1) is 9.85. The molecule has 0 aromatic heterocycles. The van der Waals surface area contributed by atoms with E-state index in [9.17, 15) is 4.79 Å². The molecule has 3 nitrogen and oxygen atoms in total. The van der Waals surface area contributed by atoms with Gasteiger partial charge in [0.15, 0.2) is 0 Å². The molecule has 1 spiro atoms. The molecule has 0 bridgehead atoms. The van der Waals surface area contributed by atoms with Crippen LogP contribution in [0.15, 0.2) is 18.2 Å². The van der Waals surface area contributed by atoms with Gasteiger partial charge in [-0.3, -0.25) is 4.79 Å². The maximum absolute atomic E-state index is 12.2. The summed E-state index contributed by atoms with van der Waals surface area (Å²) in [7, 11) is 2.08. The average Bonchev–Trinajstić information content (AvgIpc) is 2.74. The molecular weight excluding hydrogens is 200 g/mol. The standard InChI is InChI=1S/C13H16N2O/c1-9-3-4-11-10(7-9)13(12(16)14-11)5-6-15(2)8-13/h3-4,7H,5-6,8H2,1-2H3,(H,14,16)/t13-/m0/s1. The molecule has 2 aliphatic heterocycles. The number of fused-ring (bicyclic) bond motifs is 2. The average molecular weight is 216 g/mol. The summed E-state index contributed by atoms with van der Waals surface area (Å²) in [5.41, 5.74) is 3.15. The highest BCUT2D eigenvalue weighted by molar-refractivity contribution is 6.06. The number of rotatable bonds is 0. The lowest BCUT2D eigenvalue weighted by atomic mass is 9.80. The Hall–Kier alpha value is -1.35. The van der Waals surface area contributed by atoms with E-state index in [4.69, 9.17) is 0 Å². The van der Waals surface area contributed by atoms with Crippen molar-refractivity contribution in [3.63, 3.8) is 0 Å². The first-order valence-electron chi connectivity index (χ1n) is 5.73. The van der Waals surface area contributed by atoms with Gasteiger partial charge in [-0.1, -0.05) is 17.7 Å². The van der Waals surface area contributed by atoms with Crippen molar-refractivity contribution in [2.24, 2.45) is 0 Å². The van der Waals surface area contributed by atoms with Crippen LogP contribution in [-0.2, 0) is 10.2 Å². The second-order valence-corrected chi connectivity index (χ2v) is 5.07. The summed E-state index contributed by atoms with van der Waals surface area (Å²) in [5, 5.41) is 3.01. The minimum atomic E-state index is -0.282. The monoisotopic (exact) mass is 216 g/mol. The Labute approximate surface area is 95.4 Å². The predicted molar refractivity (Wildman–Crippen MR) is 63.6 cm³/mol. The maximum atomic E-state index is 12.2. The Bertz CT molecular complexity index is 469. The van der Waals surface area contributed by atoms with E-state index in [1.165, 1.54) is 11.1 Å². The molecule has 2 heterocycles. The van der Waals surface area contributed by atoms with Crippen LogP contribution in [0.2, 0.25) is 0 Å². The minimum Gasteiger partial charge on any atom is -0.325 e. The van der Waals surface area contributed by atoms with Crippen LogP contribution in [0, 0.1) is 6.92 Å². The van der Waals surface area contributed by atoms with E-state index in [0.29, 0.717) is 0 Å². The van der Waals surface area contributed by atoms with E-state index < -0.39 is 0 Å². The fourth-order valence-electron chi connectivity index (χ4n) is 2.93. The largest absolute Gasteiger partial charge is 0.325 e. The van der Waals surface area contributed by atoms with Crippen LogP contribution in [-0.4, -0.2) is 30.9 Å². The van der Waals surface area contributed by atoms with Gasteiger partial charge in [0, 0.05) is 12.2 Å². The van der Waals surface area contributed by atoms with Gasteiger partial charge in [0.1, 0.15) is 0 Å². The van der Waals surface area contributed by atoms with E-state index >= 15 is 0 Å². The number of carbonyl (C=O) groups excluding carboxylic acids is 1. The highest BCUT2D eigenvalue weighted by Crippen LogP contribution is 2.43. The first-order chi connectivity index (χ1) is 7.62. The number of hydrogen-bond acceptors (Lipinski definition) is 2. The predicted octanol–water partition coefficient (Wildman–Crippen LogP) is 1.52. The molecule has 2 aliphatic rings. The molecule has 0 saturated carbocycles. The zero-order chi connectivity index (χ0) is 11.3. The number of hydrogen-bond donors (Lipinski definition) is 1. The number of likely N-dealkylation sites (tertiary alicyclic amines) is 1. The van der Waals surface area contributed by atoms with Gasteiger partial charge in [0.05, 0.1) is 5.41 Å². The quantitative estimate of drug-likeness (QED) is 0.713. The molecule has 0 aliphatic carbocycles. The third kappa shape index (κ3) is 1.15. The summed E-state index contributed by atoms with van der Waals surface area (Å²) < 4.78 is 0. The van der Waals surface area contributed by atoms with E-state index in [0.717, 1.165) is 25.2 Å². The van der Waals surface area contributed by atoms with Crippen LogP contribution in [0.25, 0.3) is 0 Å². The molecule has 1 aromatic carbocycles. The van der Waals surface area contributed by atoms with Crippen molar-refractivity contribution in [1.82, 2.24) is 4.90 Å². The van der Waals surface area contributed by atoms with Gasteiger partial charge in [0.25, 0.3) is 0 Å². The van der Waals surface area contributed by atoms with Gasteiger partial charge in [0.2, 0.25) is 5.91 Å². The summed E-state index contributed by atoms with van der Waals surface area (Å²) >= 11 is 0. The molecule has 1 amide bonds. The molecule has 3 rings (SSSR count). The van der Waals surface area contributed by atoms with Gasteiger partial charge in [-0.15, -0.1) is 0 Å². The SMILES string of the molecule is Cc1ccc2c(c1)[C@@]1(CCN(C)C1)C(=O)N2. The third-order valence-corrected chi connectivity index (χ3v) is 3.83. The molecule has 84 valence electrons. The zero-order valence-electron chi connectivity index (χ0n) is 9.71. The number of anilines is 1. The summed E-state index contributed by atoms with van der Waals surface area (Å²) in [6.07, 6.45) is 0.936. The van der Waals surface area contributed by atoms with E-state index in [2.05, 4.69) is 36.3 Å². The Balaban J connectivity index is 2.15. The van der Waals surface area contributed by atoms with Gasteiger partial charge in [-0.25, -0.2) is 0 Å². The second-order valence-electron chi connectivity index (χ2n) is 5.07. The highest BCUT2D eigenvalue weighted by Gasteiger charge is 2.50. The molecule has 1 atom stereocenters. The maximum Gasteiger partial charge on any atom is 0.236 e. The number of likely N-dealkylation sites (N-methyl/N-ethyl adjacent to an activating group) is 1. The summed E-state index contributed by atoms with van der Waals surface area (Å²) in [5.74, 6) is 0.178. The molecule has 16 heavy (non-hydrogen) atoms. The molecule has 1 saturated heterocycles. The first-order valence-corrected chi connectivity index (χ1v) is 5.73. The van der Waals surface area contributed by atoms with E-state index in [1.807, 2.05) is 6.07 Å². The van der Waals surface area contributed by atoms with E-state index in [1.54, 1.807) is 0 Å². The second kappa shape index (κ2) is 3.08. The fourth-order valence-corrected chi connectivity index (χ4v) is 2.93. The molecule has 1 fully saturated rings. The van der Waals surface area contributed by atoms with Crippen molar-refractivity contribution in [2.45, 2.75) is 18.8 Å². The Morgan fingerprint density at radius 1 is 1.44 bits per heavy atom. The third-order valence-electron chi connectivity index (χ3n) is 3.83. The summed E-state index contributed by atoms with van der Waals surface area (Å²) in [6.45, 7) is 3.92. The van der Waals surface area contributed by atoms with Gasteiger partial charge in [-0.05, 0) is 38.6 Å². The van der Waals surface area contributed by atoms with Crippen LogP contribution >= 0.6 is 0 Å². The van der Waals surface area contributed by atoms with E-state index in [-0.39, 0.29) is 11.3 Å². The Morgan fingerprint density at radius 2 is 2.25 bits per heavy atom. The van der Waals surface area contributed by atoms with Crippen LogP contribution in [0.3, 0.4) is 0 Å². The van der Waals surface area contributed by atoms with Crippen molar-refractivity contribution in [2.75, 3.05) is 25.5 Å². The van der Waals surface area contributed by atoms with Crippen molar-refractivity contribution in [3.8, 4) is 0 Å². The van der Waals surface area contributed by atoms with Crippen molar-refractivity contribution < 1.29 is 4.79 Å². The lowest BCUT2D eigenvalue weighted by Gasteiger charge is -2.21. The molecule has 1 N–H and O–H groups in total. The number of nitrogens with zero attached hydrogens (tertiary/aromatic N) is 1. The summed E-state index contributed by atoms with van der Waals surface area (Å²) in [6, 6.07) is 6.23. The molecule has 1 aromatic rings. The smallest absolute Gasteiger partial charge is 0.236 e. The van der Waals surface area contributed by atoms with Crippen molar-refractivity contribution in [1.29, 1.82) is 0 Å². The van der Waals surface area contributed by atoms with Gasteiger partial charge >= 0.3 is 0 Å². The number of benzene rings is 1. The van der Waals surface area contributed by atoms with Crippen LogP contribution in [0.4, 0.5) is 5.69 Å². The summed E-state index contributed by atoms with van der Waals surface area (Å²) in [4.78, 5) is 14.4. The number of nitrogens with one attached hydrogen (secondary N) is 1. The number of carbonyl (C=O) groups is 1. The highest BCUT2D eigenvalue weighted by atomic mass is 16.2. The van der Waals surface area contributed by atoms with Crippen molar-refractivity contribution in [3.05, 3.63) is 29.3 Å². The Morgan fingerprint density at radius 3 is 2.94 bits per heavy atom. The Kier molecular flexibility index (Phi) is 1.89. The normalized spacial score (nSPS) is 28.5. The zero-order valence-corrected chi connectivity index (χ0v) is 9.71. The molecule has 0 unspecified atom stereocenters. The number of aryl methyl sites for hydroxylation is 1.